The average Bonchev–Trinajstić information content (AvgIpc) is 2.77. The molecule has 0 radical (unpaired) electrons. The maximum absolute atomic E-state index is 12.7. The van der Waals surface area contributed by atoms with Gasteiger partial charge in [0.05, 0.1) is 6.61 Å². The Balaban J connectivity index is 1.38. The van der Waals surface area contributed by atoms with E-state index in [1.807, 2.05) is 67.3 Å². The number of carbonyl (C=O) groups excluding carboxylic acids is 2. The van der Waals surface area contributed by atoms with Crippen LogP contribution in [0, 0.1) is 12.8 Å². The first-order chi connectivity index (χ1) is 14.6. The van der Waals surface area contributed by atoms with Gasteiger partial charge in [-0.3, -0.25) is 9.59 Å². The third kappa shape index (κ3) is 6.09. The predicted octanol–water partition coefficient (Wildman–Crippen LogP) is 4.34. The molecular formula is C25H32N2O3. The van der Waals surface area contributed by atoms with Crippen LogP contribution in [0.1, 0.15) is 54.1 Å². The lowest BCUT2D eigenvalue weighted by atomic mass is 9.91. The molecule has 0 atom stereocenters. The average molecular weight is 409 g/mol. The van der Waals surface area contributed by atoms with Crippen molar-refractivity contribution in [2.24, 2.45) is 5.92 Å². The summed E-state index contributed by atoms with van der Waals surface area (Å²) in [5.74, 6) is 1.53. The number of benzene rings is 2. The van der Waals surface area contributed by atoms with Gasteiger partial charge in [0.2, 0.25) is 5.91 Å². The predicted molar refractivity (Wildman–Crippen MR) is 118 cm³/mol. The quantitative estimate of drug-likeness (QED) is 0.707. The minimum Gasteiger partial charge on any atom is -0.494 e. The summed E-state index contributed by atoms with van der Waals surface area (Å²) in [7, 11) is 0. The molecule has 2 aromatic rings. The van der Waals surface area contributed by atoms with Crippen molar-refractivity contribution in [1.82, 2.24) is 10.2 Å². The number of nitrogens with zero attached hydrogens (tertiary/aromatic N) is 1. The summed E-state index contributed by atoms with van der Waals surface area (Å²) in [4.78, 5) is 26.9. The van der Waals surface area contributed by atoms with Gasteiger partial charge in [-0.25, -0.2) is 0 Å². The van der Waals surface area contributed by atoms with Gasteiger partial charge in [-0.05, 0) is 68.4 Å². The van der Waals surface area contributed by atoms with Crippen molar-refractivity contribution in [3.8, 4) is 5.75 Å². The molecule has 160 valence electrons. The Labute approximate surface area is 179 Å². The molecule has 30 heavy (non-hydrogen) atoms. The lowest BCUT2D eigenvalue weighted by molar-refractivity contribution is -0.121. The van der Waals surface area contributed by atoms with Crippen LogP contribution < -0.4 is 10.1 Å². The van der Waals surface area contributed by atoms with Crippen LogP contribution in [0.2, 0.25) is 0 Å². The number of hydrogen-bond donors (Lipinski definition) is 1. The maximum Gasteiger partial charge on any atom is 0.254 e. The van der Waals surface area contributed by atoms with E-state index in [4.69, 9.17) is 4.74 Å². The van der Waals surface area contributed by atoms with Gasteiger partial charge >= 0.3 is 0 Å². The fourth-order valence-electron chi connectivity index (χ4n) is 3.94. The van der Waals surface area contributed by atoms with Crippen molar-refractivity contribution in [2.75, 3.05) is 19.7 Å². The zero-order valence-electron chi connectivity index (χ0n) is 18.0. The topological polar surface area (TPSA) is 58.6 Å². The molecule has 0 unspecified atom stereocenters. The summed E-state index contributed by atoms with van der Waals surface area (Å²) in [6, 6.07) is 15.6. The van der Waals surface area contributed by atoms with E-state index in [9.17, 15) is 9.59 Å². The van der Waals surface area contributed by atoms with Gasteiger partial charge in [-0.15, -0.1) is 0 Å². The highest BCUT2D eigenvalue weighted by Crippen LogP contribution is 2.24. The van der Waals surface area contributed by atoms with Crippen molar-refractivity contribution < 1.29 is 14.3 Å². The summed E-state index contributed by atoms with van der Waals surface area (Å²) in [5.41, 5.74) is 2.86. The number of hydrogen-bond acceptors (Lipinski definition) is 3. The van der Waals surface area contributed by atoms with E-state index < -0.39 is 0 Å². The van der Waals surface area contributed by atoms with Gasteiger partial charge in [0.1, 0.15) is 5.75 Å². The minimum atomic E-state index is 0.0789. The molecule has 0 aromatic heterocycles. The number of nitrogens with one attached hydrogen (secondary N) is 1. The zero-order valence-corrected chi connectivity index (χ0v) is 18.0. The van der Waals surface area contributed by atoms with Crippen LogP contribution in [0.5, 0.6) is 5.75 Å². The second-order valence-electron chi connectivity index (χ2n) is 7.95. The van der Waals surface area contributed by atoms with Crippen LogP contribution >= 0.6 is 0 Å². The number of likely N-dealkylation sites (tertiary alicyclic amines) is 1. The standard InChI is InChI=1S/C25H32N2O3/c1-3-30-22-9-6-8-21(17-22)18-26-24(28)12-11-20-13-15-27(16-14-20)25(29)23-10-5-4-7-19(23)2/h4-10,17,20H,3,11-16,18H2,1-2H3,(H,26,28). The fourth-order valence-corrected chi connectivity index (χ4v) is 3.94. The molecule has 1 aliphatic heterocycles. The van der Waals surface area contributed by atoms with Gasteiger partial charge < -0.3 is 15.0 Å². The smallest absolute Gasteiger partial charge is 0.254 e. The first-order valence-electron chi connectivity index (χ1n) is 10.9. The molecule has 1 saturated heterocycles. The van der Waals surface area contributed by atoms with Gasteiger partial charge in [-0.2, -0.15) is 0 Å². The lowest BCUT2D eigenvalue weighted by Gasteiger charge is -2.32. The third-order valence-electron chi connectivity index (χ3n) is 5.76. The van der Waals surface area contributed by atoms with Crippen LogP contribution in [-0.2, 0) is 11.3 Å². The van der Waals surface area contributed by atoms with Crippen LogP contribution in [0.25, 0.3) is 0 Å². The first-order valence-corrected chi connectivity index (χ1v) is 10.9. The molecule has 1 fully saturated rings. The molecule has 5 nitrogen and oxygen atoms in total. The fraction of sp³-hybridized carbons (Fsp3) is 0.440. The minimum absolute atomic E-state index is 0.0789. The Bertz CT molecular complexity index is 857. The second kappa shape index (κ2) is 10.8. The summed E-state index contributed by atoms with van der Waals surface area (Å²) in [6.45, 7) is 6.62. The summed E-state index contributed by atoms with van der Waals surface area (Å²) in [5, 5.41) is 3.00. The van der Waals surface area contributed by atoms with Crippen LogP contribution in [-0.4, -0.2) is 36.4 Å². The van der Waals surface area contributed by atoms with E-state index in [2.05, 4.69) is 5.32 Å². The van der Waals surface area contributed by atoms with E-state index in [0.717, 1.165) is 54.8 Å². The molecule has 0 saturated carbocycles. The molecule has 1 heterocycles. The highest BCUT2D eigenvalue weighted by Gasteiger charge is 2.24. The van der Waals surface area contributed by atoms with Crippen LogP contribution in [0.4, 0.5) is 0 Å². The Morgan fingerprint density at radius 2 is 1.87 bits per heavy atom. The van der Waals surface area contributed by atoms with Crippen molar-refractivity contribution >= 4 is 11.8 Å². The molecular weight excluding hydrogens is 376 g/mol. The Morgan fingerprint density at radius 3 is 2.60 bits per heavy atom. The molecule has 3 rings (SSSR count). The number of ether oxygens (including phenoxy) is 1. The molecule has 1 N–H and O–H groups in total. The van der Waals surface area contributed by atoms with Crippen molar-refractivity contribution in [2.45, 2.75) is 46.1 Å². The van der Waals surface area contributed by atoms with Crippen molar-refractivity contribution in [3.63, 3.8) is 0 Å². The van der Waals surface area contributed by atoms with E-state index in [1.165, 1.54) is 0 Å². The zero-order chi connectivity index (χ0) is 21.3. The van der Waals surface area contributed by atoms with Gasteiger partial charge in [-0.1, -0.05) is 30.3 Å². The molecule has 0 spiro atoms. The first kappa shape index (κ1) is 21.9. The summed E-state index contributed by atoms with van der Waals surface area (Å²) in [6.07, 6.45) is 3.32. The van der Waals surface area contributed by atoms with E-state index in [0.29, 0.717) is 25.5 Å². The van der Waals surface area contributed by atoms with Crippen molar-refractivity contribution in [3.05, 3.63) is 65.2 Å². The number of carbonyl (C=O) groups is 2. The molecule has 0 aliphatic carbocycles. The van der Waals surface area contributed by atoms with Crippen molar-refractivity contribution in [1.29, 1.82) is 0 Å². The largest absolute Gasteiger partial charge is 0.494 e. The molecule has 5 heteroatoms. The van der Waals surface area contributed by atoms with Gasteiger partial charge in [0, 0.05) is 31.6 Å². The van der Waals surface area contributed by atoms with E-state index >= 15 is 0 Å². The Morgan fingerprint density at radius 1 is 1.10 bits per heavy atom. The van der Waals surface area contributed by atoms with Gasteiger partial charge in [0.25, 0.3) is 5.91 Å². The highest BCUT2D eigenvalue weighted by atomic mass is 16.5. The summed E-state index contributed by atoms with van der Waals surface area (Å²) < 4.78 is 5.50. The Hall–Kier alpha value is -2.82. The lowest BCUT2D eigenvalue weighted by Crippen LogP contribution is -2.39. The summed E-state index contributed by atoms with van der Waals surface area (Å²) >= 11 is 0. The number of piperidine rings is 1. The van der Waals surface area contributed by atoms with E-state index in [-0.39, 0.29) is 11.8 Å². The van der Waals surface area contributed by atoms with E-state index in [1.54, 1.807) is 0 Å². The number of aryl methyl sites for hydroxylation is 1. The van der Waals surface area contributed by atoms with Crippen LogP contribution in [0.3, 0.4) is 0 Å². The SMILES string of the molecule is CCOc1cccc(CNC(=O)CCC2CCN(C(=O)c3ccccc3C)CC2)c1. The second-order valence-corrected chi connectivity index (χ2v) is 7.95. The highest BCUT2D eigenvalue weighted by molar-refractivity contribution is 5.95. The molecule has 2 amide bonds. The van der Waals surface area contributed by atoms with Gasteiger partial charge in [0.15, 0.2) is 0 Å². The monoisotopic (exact) mass is 408 g/mol. The molecule has 2 aromatic carbocycles. The van der Waals surface area contributed by atoms with Crippen LogP contribution in [0.15, 0.2) is 48.5 Å². The maximum atomic E-state index is 12.7. The number of rotatable bonds is 8. The molecule has 0 bridgehead atoms. The Kier molecular flexibility index (Phi) is 7.89. The number of amides is 2. The normalized spacial score (nSPS) is 14.4. The third-order valence-corrected chi connectivity index (χ3v) is 5.76. The molecule has 1 aliphatic rings.